The first-order valence-electron chi connectivity index (χ1n) is 9.26. The molecule has 0 aliphatic carbocycles. The number of anilines is 1. The van der Waals surface area contributed by atoms with Crippen LogP contribution in [0.1, 0.15) is 16.1 Å². The third kappa shape index (κ3) is 5.40. The SMILES string of the molecule is O=S(=O)(Nc1cc(Cl)c(Cc2nc3cc(C(F)(F)F)ccc3s2)c(Cl)c1)c1ccc(Cl)cc1Cl. The Bertz CT molecular complexity index is 1500. The molecule has 0 unspecified atom stereocenters. The number of nitrogens with one attached hydrogen (secondary N) is 1. The number of halogens is 7. The minimum absolute atomic E-state index is 0.0571. The lowest BCUT2D eigenvalue weighted by atomic mass is 10.1. The van der Waals surface area contributed by atoms with Crippen LogP contribution in [-0.4, -0.2) is 13.4 Å². The third-order valence-corrected chi connectivity index (χ3v) is 8.47. The van der Waals surface area contributed by atoms with Gasteiger partial charge in [0.1, 0.15) is 4.90 Å². The summed E-state index contributed by atoms with van der Waals surface area (Å²) in [6.45, 7) is 0. The van der Waals surface area contributed by atoms with E-state index in [1.54, 1.807) is 0 Å². The Morgan fingerprint density at radius 2 is 1.59 bits per heavy atom. The second-order valence-corrected chi connectivity index (χ2v) is 11.5. The van der Waals surface area contributed by atoms with Crippen LogP contribution in [0, 0.1) is 0 Å². The molecule has 1 aromatic heterocycles. The van der Waals surface area contributed by atoms with Crippen molar-refractivity contribution in [2.75, 3.05) is 4.72 Å². The molecule has 0 bridgehead atoms. The van der Waals surface area contributed by atoms with Crippen LogP contribution >= 0.6 is 57.7 Å². The van der Waals surface area contributed by atoms with Crippen LogP contribution in [0.3, 0.4) is 0 Å². The number of aromatic nitrogens is 1. The number of sulfonamides is 1. The number of nitrogens with zero attached hydrogens (tertiary/aromatic N) is 1. The number of hydrogen-bond acceptors (Lipinski definition) is 4. The normalized spacial score (nSPS) is 12.3. The van der Waals surface area contributed by atoms with Crippen molar-refractivity contribution in [3.63, 3.8) is 0 Å². The van der Waals surface area contributed by atoms with E-state index in [-0.39, 0.29) is 42.6 Å². The van der Waals surface area contributed by atoms with Gasteiger partial charge in [-0.15, -0.1) is 11.3 Å². The Morgan fingerprint density at radius 3 is 2.21 bits per heavy atom. The number of benzene rings is 3. The molecular formula is C21H11Cl4F3N2O2S2. The molecule has 0 fully saturated rings. The monoisotopic (exact) mass is 584 g/mol. The molecule has 0 aliphatic heterocycles. The molecular weight excluding hydrogens is 575 g/mol. The van der Waals surface area contributed by atoms with Gasteiger partial charge in [0.05, 0.1) is 31.5 Å². The summed E-state index contributed by atoms with van der Waals surface area (Å²) in [4.78, 5) is 4.09. The fraction of sp³-hybridized carbons (Fsp3) is 0.0952. The summed E-state index contributed by atoms with van der Waals surface area (Å²) < 4.78 is 67.3. The molecule has 0 saturated heterocycles. The summed E-state index contributed by atoms with van der Waals surface area (Å²) in [5.41, 5.74) is -0.0218. The van der Waals surface area contributed by atoms with Gasteiger partial charge >= 0.3 is 6.18 Å². The maximum atomic E-state index is 13.0. The van der Waals surface area contributed by atoms with E-state index in [4.69, 9.17) is 46.4 Å². The molecule has 0 saturated carbocycles. The second-order valence-electron chi connectivity index (χ2n) is 7.06. The number of rotatable bonds is 5. The van der Waals surface area contributed by atoms with Crippen LogP contribution in [0.25, 0.3) is 10.2 Å². The summed E-state index contributed by atoms with van der Waals surface area (Å²) in [6, 6.07) is 10.1. The molecule has 4 rings (SSSR count). The molecule has 178 valence electrons. The highest BCUT2D eigenvalue weighted by Gasteiger charge is 2.31. The average molecular weight is 586 g/mol. The van der Waals surface area contributed by atoms with Crippen molar-refractivity contribution in [3.8, 4) is 0 Å². The van der Waals surface area contributed by atoms with Crippen molar-refractivity contribution >= 4 is 83.7 Å². The zero-order valence-corrected chi connectivity index (χ0v) is 21.2. The van der Waals surface area contributed by atoms with Gasteiger partial charge in [-0.3, -0.25) is 4.72 Å². The van der Waals surface area contributed by atoms with Crippen molar-refractivity contribution < 1.29 is 21.6 Å². The minimum atomic E-state index is -4.47. The zero-order valence-electron chi connectivity index (χ0n) is 16.6. The fourth-order valence-electron chi connectivity index (χ4n) is 3.11. The Labute approximate surface area is 216 Å². The average Bonchev–Trinajstić information content (AvgIpc) is 3.11. The van der Waals surface area contributed by atoms with Crippen molar-refractivity contribution in [1.29, 1.82) is 0 Å². The van der Waals surface area contributed by atoms with E-state index in [0.717, 1.165) is 12.1 Å². The van der Waals surface area contributed by atoms with Gasteiger partial charge in [0.2, 0.25) is 0 Å². The second kappa shape index (κ2) is 9.37. The van der Waals surface area contributed by atoms with E-state index in [0.29, 0.717) is 15.3 Å². The van der Waals surface area contributed by atoms with Gasteiger partial charge in [0.25, 0.3) is 10.0 Å². The molecule has 4 aromatic rings. The summed E-state index contributed by atoms with van der Waals surface area (Å²) >= 11 is 25.8. The molecule has 1 heterocycles. The van der Waals surface area contributed by atoms with Crippen molar-refractivity contribution in [1.82, 2.24) is 4.98 Å². The predicted octanol–water partition coefficient (Wildman–Crippen LogP) is 8.32. The third-order valence-electron chi connectivity index (χ3n) is 4.66. The highest BCUT2D eigenvalue weighted by Crippen LogP contribution is 2.36. The smallest absolute Gasteiger partial charge is 0.279 e. The fourth-order valence-corrected chi connectivity index (χ4v) is 6.51. The molecule has 3 aromatic carbocycles. The van der Waals surface area contributed by atoms with Gasteiger partial charge in [0, 0.05) is 21.5 Å². The maximum Gasteiger partial charge on any atom is 0.416 e. The highest BCUT2D eigenvalue weighted by atomic mass is 35.5. The van der Waals surface area contributed by atoms with Crippen molar-refractivity contribution in [3.05, 3.63) is 84.8 Å². The Balaban J connectivity index is 1.61. The van der Waals surface area contributed by atoms with E-state index in [1.165, 1.54) is 47.7 Å². The molecule has 4 nitrogen and oxygen atoms in total. The van der Waals surface area contributed by atoms with E-state index in [1.807, 2.05) is 0 Å². The first-order chi connectivity index (χ1) is 15.8. The highest BCUT2D eigenvalue weighted by molar-refractivity contribution is 7.92. The van der Waals surface area contributed by atoms with Crippen LogP contribution in [0.15, 0.2) is 53.4 Å². The summed E-state index contributed by atoms with van der Waals surface area (Å²) in [5, 5.41) is 1.03. The van der Waals surface area contributed by atoms with Gasteiger partial charge in [-0.1, -0.05) is 46.4 Å². The van der Waals surface area contributed by atoms with Gasteiger partial charge in [-0.25, -0.2) is 13.4 Å². The van der Waals surface area contributed by atoms with E-state index < -0.39 is 21.8 Å². The maximum absolute atomic E-state index is 13.0. The van der Waals surface area contributed by atoms with Crippen LogP contribution in [0.5, 0.6) is 0 Å². The predicted molar refractivity (Wildman–Crippen MR) is 131 cm³/mol. The lowest BCUT2D eigenvalue weighted by molar-refractivity contribution is -0.137. The standard InChI is InChI=1S/C21H11Cl4F3N2O2S2/c22-11-2-4-19(16(25)6-11)34(31,32)30-12-7-14(23)13(15(24)8-12)9-20-29-17-5-10(21(26,27)28)1-3-18(17)33-20/h1-8,30H,9H2. The number of hydrogen-bond donors (Lipinski definition) is 1. The molecule has 0 radical (unpaired) electrons. The first-order valence-corrected chi connectivity index (χ1v) is 13.1. The van der Waals surface area contributed by atoms with Gasteiger partial charge in [-0.2, -0.15) is 13.2 Å². The lowest BCUT2D eigenvalue weighted by Gasteiger charge is -2.13. The number of fused-ring (bicyclic) bond motifs is 1. The molecule has 0 atom stereocenters. The molecule has 0 aliphatic rings. The van der Waals surface area contributed by atoms with E-state index in [2.05, 4.69) is 9.71 Å². The molecule has 13 heteroatoms. The van der Waals surface area contributed by atoms with Gasteiger partial charge < -0.3 is 0 Å². The molecule has 0 spiro atoms. The minimum Gasteiger partial charge on any atom is -0.279 e. The van der Waals surface area contributed by atoms with Gasteiger partial charge in [-0.05, 0) is 54.1 Å². The zero-order chi connectivity index (χ0) is 24.8. The Kier molecular flexibility index (Phi) is 6.98. The number of alkyl halides is 3. The first kappa shape index (κ1) is 25.3. The summed E-state index contributed by atoms with van der Waals surface area (Å²) in [5.74, 6) is 0. The molecule has 34 heavy (non-hydrogen) atoms. The van der Waals surface area contributed by atoms with Crippen LogP contribution in [0.2, 0.25) is 20.1 Å². The van der Waals surface area contributed by atoms with Gasteiger partial charge in [0.15, 0.2) is 0 Å². The van der Waals surface area contributed by atoms with Crippen LogP contribution in [0.4, 0.5) is 18.9 Å². The summed E-state index contributed by atoms with van der Waals surface area (Å²) in [7, 11) is -4.06. The quantitative estimate of drug-likeness (QED) is 0.256. The Hall–Kier alpha value is -1.75. The van der Waals surface area contributed by atoms with E-state index >= 15 is 0 Å². The lowest BCUT2D eigenvalue weighted by Crippen LogP contribution is -2.13. The summed E-state index contributed by atoms with van der Waals surface area (Å²) in [6.07, 6.45) is -4.32. The van der Waals surface area contributed by atoms with Crippen molar-refractivity contribution in [2.45, 2.75) is 17.5 Å². The van der Waals surface area contributed by atoms with E-state index in [9.17, 15) is 21.6 Å². The topological polar surface area (TPSA) is 59.1 Å². The largest absolute Gasteiger partial charge is 0.416 e. The Morgan fingerprint density at radius 1 is 0.912 bits per heavy atom. The molecule has 1 N–H and O–H groups in total. The number of thiazole rings is 1. The van der Waals surface area contributed by atoms with Crippen LogP contribution < -0.4 is 4.72 Å². The van der Waals surface area contributed by atoms with Crippen molar-refractivity contribution in [2.24, 2.45) is 0 Å². The molecule has 0 amide bonds. The van der Waals surface area contributed by atoms with Crippen LogP contribution in [-0.2, 0) is 22.6 Å².